The van der Waals surface area contributed by atoms with Crippen molar-refractivity contribution in [3.63, 3.8) is 0 Å². The molecule has 1 aliphatic heterocycles. The summed E-state index contributed by atoms with van der Waals surface area (Å²) in [5, 5.41) is 14.4. The van der Waals surface area contributed by atoms with E-state index in [1.165, 1.54) is 13.2 Å². The quantitative estimate of drug-likeness (QED) is 0.396. The number of anilines is 2. The summed E-state index contributed by atoms with van der Waals surface area (Å²) in [7, 11) is 3.08. The molecule has 0 radical (unpaired) electrons. The summed E-state index contributed by atoms with van der Waals surface area (Å²) < 4.78 is 4.64. The Hall–Kier alpha value is -2.57. The summed E-state index contributed by atoms with van der Waals surface area (Å²) in [6.45, 7) is 4.36. The molecule has 0 aliphatic carbocycles. The Bertz CT molecular complexity index is 600. The van der Waals surface area contributed by atoms with E-state index in [0.29, 0.717) is 24.3 Å². The van der Waals surface area contributed by atoms with Crippen molar-refractivity contribution in [2.24, 2.45) is 0 Å². The Kier molecular flexibility index (Phi) is 4.11. The van der Waals surface area contributed by atoms with Crippen LogP contribution in [0.3, 0.4) is 0 Å². The van der Waals surface area contributed by atoms with Crippen LogP contribution in [0.1, 0.15) is 16.8 Å². The van der Waals surface area contributed by atoms with E-state index >= 15 is 0 Å². The van der Waals surface area contributed by atoms with E-state index in [1.807, 2.05) is 11.9 Å². The van der Waals surface area contributed by atoms with Gasteiger partial charge in [-0.1, -0.05) is 6.08 Å². The maximum atomic E-state index is 11.7. The first kappa shape index (κ1) is 14.8. The topological polar surface area (TPSA) is 84.7 Å². The van der Waals surface area contributed by atoms with Gasteiger partial charge in [-0.3, -0.25) is 10.1 Å². The third-order valence-corrected chi connectivity index (χ3v) is 3.42. The predicted octanol–water partition coefficient (Wildman–Crippen LogP) is 2.19. The molecular formula is C14H17N3O4. The number of likely N-dealkylation sites (N-methyl/N-ethyl adjacent to an activating group) is 1. The molecule has 1 aromatic rings. The summed E-state index contributed by atoms with van der Waals surface area (Å²) in [5.41, 5.74) is 1.07. The summed E-state index contributed by atoms with van der Waals surface area (Å²) in [6.07, 6.45) is 2.46. The highest BCUT2D eigenvalue weighted by molar-refractivity contribution is 5.95. The standard InChI is InChI=1S/C14H17N3O4/c1-4-5-10-8-16(2)11-6-9(14(18)21-3)7-12(17(19)20)13(11)15-10/h4,6-7,10,15H,1,5,8H2,2-3H3. The normalized spacial score (nSPS) is 16.7. The number of nitrogens with zero attached hydrogens (tertiary/aromatic N) is 2. The molecule has 2 rings (SSSR count). The summed E-state index contributed by atoms with van der Waals surface area (Å²) in [6, 6.07) is 2.88. The highest BCUT2D eigenvalue weighted by Gasteiger charge is 2.29. The molecule has 7 heteroatoms. The van der Waals surface area contributed by atoms with E-state index in [0.717, 1.165) is 0 Å². The van der Waals surface area contributed by atoms with E-state index < -0.39 is 10.9 Å². The molecule has 0 saturated carbocycles. The number of hydrogen-bond donors (Lipinski definition) is 1. The Morgan fingerprint density at radius 2 is 2.38 bits per heavy atom. The summed E-state index contributed by atoms with van der Waals surface area (Å²) in [5.74, 6) is -0.595. The SMILES string of the molecule is C=CCC1CN(C)c2cc(C(=O)OC)cc([N+](=O)[O-])c2N1. The third-order valence-electron chi connectivity index (χ3n) is 3.42. The van der Waals surface area contributed by atoms with Crippen molar-refractivity contribution >= 4 is 23.0 Å². The molecule has 1 heterocycles. The van der Waals surface area contributed by atoms with Crippen LogP contribution in [0.25, 0.3) is 0 Å². The second kappa shape index (κ2) is 5.82. The van der Waals surface area contributed by atoms with Gasteiger partial charge >= 0.3 is 5.97 Å². The van der Waals surface area contributed by atoms with Crippen LogP contribution in [0, 0.1) is 10.1 Å². The average Bonchev–Trinajstić information content (AvgIpc) is 2.45. The van der Waals surface area contributed by atoms with Crippen LogP contribution in [0.15, 0.2) is 24.8 Å². The molecule has 1 aliphatic rings. The van der Waals surface area contributed by atoms with Crippen LogP contribution >= 0.6 is 0 Å². The largest absolute Gasteiger partial charge is 0.465 e. The minimum Gasteiger partial charge on any atom is -0.465 e. The number of methoxy groups -OCH3 is 1. The van der Waals surface area contributed by atoms with Crippen LogP contribution in [0.4, 0.5) is 17.1 Å². The molecule has 1 unspecified atom stereocenters. The number of carbonyl (C=O) groups is 1. The number of carbonyl (C=O) groups excluding carboxylic acids is 1. The molecule has 0 bridgehead atoms. The molecule has 0 saturated heterocycles. The van der Waals surface area contributed by atoms with Crippen LogP contribution < -0.4 is 10.2 Å². The minimum atomic E-state index is -0.595. The number of nitro groups is 1. The summed E-state index contributed by atoms with van der Waals surface area (Å²) in [4.78, 5) is 24.3. The molecule has 112 valence electrons. The first-order chi connectivity index (χ1) is 9.97. The van der Waals surface area contributed by atoms with Gasteiger partial charge in [0.2, 0.25) is 0 Å². The molecule has 0 fully saturated rings. The van der Waals surface area contributed by atoms with Crippen molar-refractivity contribution in [2.75, 3.05) is 30.9 Å². The van der Waals surface area contributed by atoms with Crippen molar-refractivity contribution < 1.29 is 14.5 Å². The van der Waals surface area contributed by atoms with Crippen molar-refractivity contribution in [1.29, 1.82) is 0 Å². The Morgan fingerprint density at radius 3 is 2.95 bits per heavy atom. The highest BCUT2D eigenvalue weighted by atomic mass is 16.6. The number of hydrogen-bond acceptors (Lipinski definition) is 6. The smallest absolute Gasteiger partial charge is 0.338 e. The van der Waals surface area contributed by atoms with Crippen molar-refractivity contribution in [1.82, 2.24) is 0 Å². The zero-order valence-electron chi connectivity index (χ0n) is 12.0. The second-order valence-corrected chi connectivity index (χ2v) is 4.88. The third kappa shape index (κ3) is 2.81. The van der Waals surface area contributed by atoms with Crippen LogP contribution in [0.5, 0.6) is 0 Å². The second-order valence-electron chi connectivity index (χ2n) is 4.88. The molecule has 0 spiro atoms. The van der Waals surface area contributed by atoms with E-state index in [-0.39, 0.29) is 17.3 Å². The minimum absolute atomic E-state index is 0.0441. The Morgan fingerprint density at radius 1 is 1.67 bits per heavy atom. The predicted molar refractivity (Wildman–Crippen MR) is 79.9 cm³/mol. The molecule has 0 amide bonds. The zero-order chi connectivity index (χ0) is 15.6. The first-order valence-electron chi connectivity index (χ1n) is 6.47. The average molecular weight is 291 g/mol. The molecule has 1 N–H and O–H groups in total. The monoisotopic (exact) mass is 291 g/mol. The summed E-state index contributed by atoms with van der Waals surface area (Å²) >= 11 is 0. The van der Waals surface area contributed by atoms with Gasteiger partial charge in [-0.2, -0.15) is 0 Å². The number of ether oxygens (including phenoxy) is 1. The molecular weight excluding hydrogens is 274 g/mol. The van der Waals surface area contributed by atoms with E-state index in [2.05, 4.69) is 16.6 Å². The lowest BCUT2D eigenvalue weighted by Gasteiger charge is -2.34. The number of benzene rings is 1. The molecule has 7 nitrogen and oxygen atoms in total. The van der Waals surface area contributed by atoms with Gasteiger partial charge in [0.15, 0.2) is 0 Å². The lowest BCUT2D eigenvalue weighted by molar-refractivity contribution is -0.384. The van der Waals surface area contributed by atoms with Crippen molar-refractivity contribution in [3.05, 3.63) is 40.5 Å². The molecule has 1 atom stereocenters. The van der Waals surface area contributed by atoms with Crippen molar-refractivity contribution in [2.45, 2.75) is 12.5 Å². The highest BCUT2D eigenvalue weighted by Crippen LogP contribution is 2.39. The van der Waals surface area contributed by atoms with Gasteiger partial charge in [0.05, 0.1) is 23.3 Å². The maximum absolute atomic E-state index is 11.7. The molecule has 1 aromatic carbocycles. The van der Waals surface area contributed by atoms with Gasteiger partial charge < -0.3 is 15.0 Å². The van der Waals surface area contributed by atoms with Crippen molar-refractivity contribution in [3.8, 4) is 0 Å². The Labute approximate surface area is 122 Å². The lowest BCUT2D eigenvalue weighted by atomic mass is 10.0. The lowest BCUT2D eigenvalue weighted by Crippen LogP contribution is -2.39. The maximum Gasteiger partial charge on any atom is 0.338 e. The Balaban J connectivity index is 2.54. The number of nitrogens with one attached hydrogen (secondary N) is 1. The molecule has 21 heavy (non-hydrogen) atoms. The van der Waals surface area contributed by atoms with E-state index in [9.17, 15) is 14.9 Å². The van der Waals surface area contributed by atoms with E-state index in [4.69, 9.17) is 0 Å². The van der Waals surface area contributed by atoms with Crippen LogP contribution in [-0.2, 0) is 4.74 Å². The zero-order valence-corrected chi connectivity index (χ0v) is 12.0. The van der Waals surface area contributed by atoms with Gasteiger partial charge in [0, 0.05) is 25.7 Å². The molecule has 0 aromatic heterocycles. The van der Waals surface area contributed by atoms with Crippen LogP contribution in [-0.4, -0.2) is 37.6 Å². The van der Waals surface area contributed by atoms with Gasteiger partial charge in [0.25, 0.3) is 5.69 Å². The van der Waals surface area contributed by atoms with Gasteiger partial charge in [-0.25, -0.2) is 4.79 Å². The van der Waals surface area contributed by atoms with Gasteiger partial charge in [-0.05, 0) is 12.5 Å². The number of esters is 1. The first-order valence-corrected chi connectivity index (χ1v) is 6.47. The number of fused-ring (bicyclic) bond motifs is 1. The number of rotatable bonds is 4. The fourth-order valence-electron chi connectivity index (χ4n) is 2.45. The van der Waals surface area contributed by atoms with Gasteiger partial charge in [0.1, 0.15) is 5.69 Å². The van der Waals surface area contributed by atoms with E-state index in [1.54, 1.807) is 12.1 Å². The van der Waals surface area contributed by atoms with Crippen LogP contribution in [0.2, 0.25) is 0 Å². The fourth-order valence-corrected chi connectivity index (χ4v) is 2.45. The number of nitro benzene ring substituents is 1. The fraction of sp³-hybridized carbons (Fsp3) is 0.357. The van der Waals surface area contributed by atoms with Gasteiger partial charge in [-0.15, -0.1) is 6.58 Å².